The first-order chi connectivity index (χ1) is 9.84. The van der Waals surface area contributed by atoms with E-state index in [1.807, 2.05) is 31.2 Å². The van der Waals surface area contributed by atoms with Crippen LogP contribution in [0.3, 0.4) is 0 Å². The van der Waals surface area contributed by atoms with Gasteiger partial charge in [-0.15, -0.1) is 0 Å². The van der Waals surface area contributed by atoms with E-state index in [1.54, 1.807) is 6.92 Å². The van der Waals surface area contributed by atoms with Crippen LogP contribution in [0.1, 0.15) is 32.4 Å². The summed E-state index contributed by atoms with van der Waals surface area (Å²) in [6.07, 6.45) is 0. The molecule has 1 aromatic rings. The number of nitrogens with one attached hydrogen (secondary N) is 3. The number of benzene rings is 1. The van der Waals surface area contributed by atoms with Crippen molar-refractivity contribution in [1.29, 1.82) is 0 Å². The van der Waals surface area contributed by atoms with Crippen molar-refractivity contribution in [1.82, 2.24) is 10.0 Å². The number of amides is 1. The largest absolute Gasteiger partial charge is 0.326 e. The molecule has 21 heavy (non-hydrogen) atoms. The molecule has 0 saturated heterocycles. The fourth-order valence-electron chi connectivity index (χ4n) is 1.91. The van der Waals surface area contributed by atoms with E-state index < -0.39 is 10.0 Å². The molecule has 6 nitrogen and oxygen atoms in total. The molecule has 0 radical (unpaired) electrons. The summed E-state index contributed by atoms with van der Waals surface area (Å²) < 4.78 is 25.5. The molecule has 118 valence electrons. The predicted octanol–water partition coefficient (Wildman–Crippen LogP) is 1.23. The average molecular weight is 313 g/mol. The normalized spacial score (nSPS) is 12.9. The van der Waals surface area contributed by atoms with Crippen molar-refractivity contribution >= 4 is 21.6 Å². The topological polar surface area (TPSA) is 87.3 Å². The molecule has 0 saturated carbocycles. The molecule has 0 fully saturated rings. The molecule has 1 rings (SSSR count). The molecular weight excluding hydrogens is 290 g/mol. The van der Waals surface area contributed by atoms with E-state index >= 15 is 0 Å². The summed E-state index contributed by atoms with van der Waals surface area (Å²) in [5.41, 5.74) is 1.72. The SMILES string of the molecule is CCNS(=O)(=O)CCNC(C)c1cccc(NC(C)=O)c1. The second kappa shape index (κ2) is 8.11. The summed E-state index contributed by atoms with van der Waals surface area (Å²) in [5.74, 6) is -0.0826. The molecule has 1 unspecified atom stereocenters. The van der Waals surface area contributed by atoms with Crippen LogP contribution >= 0.6 is 0 Å². The number of anilines is 1. The van der Waals surface area contributed by atoms with E-state index in [9.17, 15) is 13.2 Å². The van der Waals surface area contributed by atoms with Gasteiger partial charge < -0.3 is 10.6 Å². The van der Waals surface area contributed by atoms with E-state index in [0.717, 1.165) is 11.3 Å². The third kappa shape index (κ3) is 6.70. The van der Waals surface area contributed by atoms with Crippen molar-refractivity contribution < 1.29 is 13.2 Å². The lowest BCUT2D eigenvalue weighted by Gasteiger charge is -2.15. The van der Waals surface area contributed by atoms with Crippen LogP contribution in [0.5, 0.6) is 0 Å². The predicted molar refractivity (Wildman–Crippen MR) is 84.6 cm³/mol. The molecule has 3 N–H and O–H groups in total. The van der Waals surface area contributed by atoms with Crippen LogP contribution in [-0.4, -0.2) is 33.2 Å². The lowest BCUT2D eigenvalue weighted by Crippen LogP contribution is -2.32. The molecule has 0 aliphatic carbocycles. The lowest BCUT2D eigenvalue weighted by molar-refractivity contribution is -0.114. The fourth-order valence-corrected chi connectivity index (χ4v) is 2.88. The molecule has 0 bridgehead atoms. The van der Waals surface area contributed by atoms with Crippen LogP contribution in [0.25, 0.3) is 0 Å². The maximum atomic E-state index is 11.5. The third-order valence-corrected chi connectivity index (χ3v) is 4.36. The highest BCUT2D eigenvalue weighted by Crippen LogP contribution is 2.17. The van der Waals surface area contributed by atoms with E-state index in [4.69, 9.17) is 0 Å². The van der Waals surface area contributed by atoms with E-state index in [2.05, 4.69) is 15.4 Å². The Morgan fingerprint density at radius 1 is 1.33 bits per heavy atom. The second-order valence-corrected chi connectivity index (χ2v) is 6.73. The van der Waals surface area contributed by atoms with E-state index in [-0.39, 0.29) is 17.7 Å². The van der Waals surface area contributed by atoms with Gasteiger partial charge in [0, 0.05) is 31.7 Å². The number of hydrogen-bond donors (Lipinski definition) is 3. The monoisotopic (exact) mass is 313 g/mol. The summed E-state index contributed by atoms with van der Waals surface area (Å²) in [7, 11) is -3.20. The smallest absolute Gasteiger partial charge is 0.221 e. The minimum absolute atomic E-state index is 0.00413. The van der Waals surface area contributed by atoms with Crippen LogP contribution in [0.15, 0.2) is 24.3 Å². The van der Waals surface area contributed by atoms with Crippen LogP contribution in [0.4, 0.5) is 5.69 Å². The summed E-state index contributed by atoms with van der Waals surface area (Å²) in [5, 5.41) is 5.89. The molecule has 0 aliphatic rings. The molecule has 1 amide bonds. The van der Waals surface area contributed by atoms with Crippen molar-refractivity contribution in [2.75, 3.05) is 24.2 Å². The first-order valence-corrected chi connectivity index (χ1v) is 8.57. The minimum Gasteiger partial charge on any atom is -0.326 e. The summed E-state index contributed by atoms with van der Waals surface area (Å²) in [4.78, 5) is 11.0. The molecular formula is C14H23N3O3S. The van der Waals surface area contributed by atoms with Crippen LogP contribution in [0.2, 0.25) is 0 Å². The lowest BCUT2D eigenvalue weighted by atomic mass is 10.1. The molecule has 0 aliphatic heterocycles. The molecule has 0 aromatic heterocycles. The van der Waals surface area contributed by atoms with Crippen molar-refractivity contribution in [2.24, 2.45) is 0 Å². The highest BCUT2D eigenvalue weighted by atomic mass is 32.2. The van der Waals surface area contributed by atoms with Gasteiger partial charge in [0.1, 0.15) is 0 Å². The van der Waals surface area contributed by atoms with Crippen molar-refractivity contribution in [3.8, 4) is 0 Å². The molecule has 0 heterocycles. The Morgan fingerprint density at radius 3 is 2.67 bits per heavy atom. The highest BCUT2D eigenvalue weighted by molar-refractivity contribution is 7.89. The van der Waals surface area contributed by atoms with Gasteiger partial charge in [0.2, 0.25) is 15.9 Å². The zero-order valence-corrected chi connectivity index (χ0v) is 13.5. The van der Waals surface area contributed by atoms with Crippen molar-refractivity contribution in [2.45, 2.75) is 26.8 Å². The standard InChI is InChI=1S/C14H23N3O3S/c1-4-16-21(19,20)9-8-15-11(2)13-6-5-7-14(10-13)17-12(3)18/h5-7,10-11,15-16H,4,8-9H2,1-3H3,(H,17,18). The zero-order valence-electron chi connectivity index (χ0n) is 12.6. The Labute approximate surface area is 126 Å². The first-order valence-electron chi connectivity index (χ1n) is 6.92. The fraction of sp³-hybridized carbons (Fsp3) is 0.500. The highest BCUT2D eigenvalue weighted by Gasteiger charge is 2.10. The van der Waals surface area contributed by atoms with Gasteiger partial charge in [-0.05, 0) is 24.6 Å². The number of sulfonamides is 1. The van der Waals surface area contributed by atoms with Gasteiger partial charge in [-0.1, -0.05) is 19.1 Å². The van der Waals surface area contributed by atoms with Gasteiger partial charge in [-0.25, -0.2) is 13.1 Å². The summed E-state index contributed by atoms with van der Waals surface area (Å²) in [6, 6.07) is 7.47. The Hall–Kier alpha value is -1.44. The third-order valence-electron chi connectivity index (χ3n) is 2.89. The quantitative estimate of drug-likeness (QED) is 0.674. The van der Waals surface area contributed by atoms with Gasteiger partial charge in [0.15, 0.2) is 0 Å². The van der Waals surface area contributed by atoms with Gasteiger partial charge in [-0.2, -0.15) is 0 Å². The van der Waals surface area contributed by atoms with Crippen molar-refractivity contribution in [3.63, 3.8) is 0 Å². The second-order valence-electron chi connectivity index (χ2n) is 4.80. The Morgan fingerprint density at radius 2 is 2.05 bits per heavy atom. The first kappa shape index (κ1) is 17.6. The molecule has 1 aromatic carbocycles. The minimum atomic E-state index is -3.20. The van der Waals surface area contributed by atoms with Gasteiger partial charge >= 0.3 is 0 Å². The molecule has 7 heteroatoms. The van der Waals surface area contributed by atoms with Crippen molar-refractivity contribution in [3.05, 3.63) is 29.8 Å². The summed E-state index contributed by atoms with van der Waals surface area (Å²) >= 11 is 0. The number of rotatable bonds is 8. The maximum Gasteiger partial charge on any atom is 0.221 e. The molecule has 0 spiro atoms. The zero-order chi connectivity index (χ0) is 15.9. The van der Waals surface area contributed by atoms with Gasteiger partial charge in [-0.3, -0.25) is 4.79 Å². The van der Waals surface area contributed by atoms with Gasteiger partial charge in [0.05, 0.1) is 5.75 Å². The number of carbonyl (C=O) groups excluding carboxylic acids is 1. The van der Waals surface area contributed by atoms with Crippen LogP contribution in [0, 0.1) is 0 Å². The van der Waals surface area contributed by atoms with Gasteiger partial charge in [0.25, 0.3) is 0 Å². The van der Waals surface area contributed by atoms with Crippen LogP contribution < -0.4 is 15.4 Å². The number of hydrogen-bond acceptors (Lipinski definition) is 4. The van der Waals surface area contributed by atoms with Crippen LogP contribution in [-0.2, 0) is 14.8 Å². The Bertz CT molecular complexity index is 573. The average Bonchev–Trinajstić information content (AvgIpc) is 2.37. The Balaban J connectivity index is 2.56. The maximum absolute atomic E-state index is 11.5. The Kier molecular flexibility index (Phi) is 6.80. The summed E-state index contributed by atoms with van der Waals surface area (Å²) in [6.45, 7) is 5.92. The van der Waals surface area contributed by atoms with E-state index in [0.29, 0.717) is 13.1 Å². The molecule has 1 atom stereocenters. The number of carbonyl (C=O) groups is 1. The van der Waals surface area contributed by atoms with E-state index in [1.165, 1.54) is 6.92 Å².